The Hall–Kier alpha value is -4.28. The second-order valence-corrected chi connectivity index (χ2v) is 18.4. The van der Waals surface area contributed by atoms with Crippen LogP contribution in [0.25, 0.3) is 0 Å². The maximum Gasteiger partial charge on any atom is 0.487 e. The van der Waals surface area contributed by atoms with Crippen molar-refractivity contribution in [3.8, 4) is 5.75 Å². The Kier molecular flexibility index (Phi) is 8.50. The summed E-state index contributed by atoms with van der Waals surface area (Å²) in [5, 5.41) is 23.7. The summed E-state index contributed by atoms with van der Waals surface area (Å²) in [6, 6.07) is 36.5. The van der Waals surface area contributed by atoms with Gasteiger partial charge in [-0.2, -0.15) is 0 Å². The second kappa shape index (κ2) is 12.6. The van der Waals surface area contributed by atoms with Gasteiger partial charge in [-0.3, -0.25) is 14.5 Å². The van der Waals surface area contributed by atoms with Crippen LogP contribution in [-0.4, -0.2) is 44.0 Å². The third kappa shape index (κ3) is 5.45. The highest BCUT2D eigenvalue weighted by atomic mass is 28.4. The molecule has 0 unspecified atom stereocenters. The lowest BCUT2D eigenvalue weighted by molar-refractivity contribution is -0.123. The monoisotopic (exact) mass is 657 g/mol. The highest BCUT2D eigenvalue weighted by molar-refractivity contribution is 6.99. The molecule has 2 aliphatic heterocycles. The minimum absolute atomic E-state index is 0.131. The average molecular weight is 658 g/mol. The fraction of sp³-hybridized carbons (Fsp3) is 0.282. The molecule has 4 aromatic carbocycles. The summed E-state index contributed by atoms with van der Waals surface area (Å²) >= 11 is 0. The first-order valence-corrected chi connectivity index (χ1v) is 18.5. The number of carbonyl (C=O) groups is 2. The van der Waals surface area contributed by atoms with Crippen LogP contribution in [0.3, 0.4) is 0 Å². The average Bonchev–Trinajstić information content (AvgIpc) is 3.34. The zero-order valence-corrected chi connectivity index (χ0v) is 28.5. The summed E-state index contributed by atoms with van der Waals surface area (Å²) in [5.74, 6) is -2.00. The molecule has 1 aliphatic carbocycles. The Morgan fingerprint density at radius 3 is 1.94 bits per heavy atom. The van der Waals surface area contributed by atoms with Crippen LogP contribution in [0.4, 0.5) is 5.69 Å². The van der Waals surface area contributed by atoms with Crippen molar-refractivity contribution in [2.75, 3.05) is 11.5 Å². The van der Waals surface area contributed by atoms with E-state index in [0.29, 0.717) is 24.0 Å². The number of hydrogen-bond acceptors (Lipinski definition) is 6. The Morgan fingerprint density at radius 2 is 1.38 bits per heavy atom. The third-order valence-corrected chi connectivity index (χ3v) is 15.4. The molecule has 48 heavy (non-hydrogen) atoms. The van der Waals surface area contributed by atoms with Crippen molar-refractivity contribution >= 4 is 43.3 Å². The molecule has 9 heteroatoms. The Balaban J connectivity index is 1.32. The van der Waals surface area contributed by atoms with E-state index in [2.05, 4.69) is 45.0 Å². The zero-order chi connectivity index (χ0) is 33.6. The number of hydrogen-bond donors (Lipinski definition) is 2. The van der Waals surface area contributed by atoms with Gasteiger partial charge in [0, 0.05) is 0 Å². The summed E-state index contributed by atoms with van der Waals surface area (Å²) in [6.07, 6.45) is 0.177. The molecule has 2 heterocycles. The van der Waals surface area contributed by atoms with Crippen molar-refractivity contribution in [2.24, 2.45) is 17.8 Å². The van der Waals surface area contributed by atoms with Gasteiger partial charge >= 0.3 is 7.12 Å². The summed E-state index contributed by atoms with van der Waals surface area (Å²) in [4.78, 5) is 29.7. The molecular weight excluding hydrogens is 617 g/mol. The first-order valence-electron chi connectivity index (χ1n) is 16.6. The van der Waals surface area contributed by atoms with Gasteiger partial charge in [-0.1, -0.05) is 112 Å². The van der Waals surface area contributed by atoms with Crippen LogP contribution in [0.15, 0.2) is 126 Å². The minimum atomic E-state index is -2.96. The molecule has 2 N–H and O–H groups in total. The zero-order valence-electron chi connectivity index (χ0n) is 27.5. The molecule has 0 radical (unpaired) electrons. The normalized spacial score (nSPS) is 22.9. The lowest BCUT2D eigenvalue weighted by Crippen LogP contribution is -2.66. The van der Waals surface area contributed by atoms with Crippen LogP contribution >= 0.6 is 0 Å². The van der Waals surface area contributed by atoms with Crippen molar-refractivity contribution in [3.63, 3.8) is 0 Å². The molecule has 3 aliphatic rings. The first-order chi connectivity index (χ1) is 23.1. The Bertz CT molecular complexity index is 1790. The van der Waals surface area contributed by atoms with E-state index in [-0.39, 0.29) is 29.2 Å². The highest BCUT2D eigenvalue weighted by Gasteiger charge is 2.59. The van der Waals surface area contributed by atoms with Gasteiger partial charge in [-0.05, 0) is 75.0 Å². The SMILES string of the molecule is CC(C)(C)[Si](OCC1=C2B(O)O[C@H](c3ccc(O)cc3)C[C@H]2[C@H]2C(=O)N(c3ccccc3)C(=O)[C@H]2C1)(c1ccccc1)c1ccccc1. The first kappa shape index (κ1) is 32.3. The number of phenols is 1. The van der Waals surface area contributed by atoms with Crippen molar-refractivity contribution < 1.29 is 28.8 Å². The molecule has 2 amide bonds. The molecule has 7 nitrogen and oxygen atoms in total. The second-order valence-electron chi connectivity index (χ2n) is 14.1. The summed E-state index contributed by atoms with van der Waals surface area (Å²) in [7, 11) is -4.24. The van der Waals surface area contributed by atoms with E-state index in [1.165, 1.54) is 4.90 Å². The van der Waals surface area contributed by atoms with E-state index >= 15 is 0 Å². The highest BCUT2D eigenvalue weighted by Crippen LogP contribution is 2.52. The van der Waals surface area contributed by atoms with E-state index in [0.717, 1.165) is 21.5 Å². The number of carbonyl (C=O) groups excluding carboxylic acids is 2. The van der Waals surface area contributed by atoms with E-state index < -0.39 is 39.3 Å². The number of rotatable bonds is 7. The standard InChI is InChI=1S/C39H40BNO6Si/c1-39(2,3)48(30-15-9-5-10-16-30,31-17-11-6-12-18-31)46-25-27-23-33-35(38(44)41(37(33)43)28-13-7-4-8-14-28)32-24-34(47-40(45)36(27)32)26-19-21-29(42)22-20-26/h4-22,32-35,42,45H,23-25H2,1-3H3/t32-,33-,34-,35+/m0/s1. The van der Waals surface area contributed by atoms with Gasteiger partial charge in [0.25, 0.3) is 8.32 Å². The number of aromatic hydroxyl groups is 1. The van der Waals surface area contributed by atoms with Crippen LogP contribution < -0.4 is 15.3 Å². The number of phenolic OH excluding ortho intramolecular Hbond substituents is 1. The predicted octanol–water partition coefficient (Wildman–Crippen LogP) is 5.57. The van der Waals surface area contributed by atoms with Gasteiger partial charge in [0.1, 0.15) is 5.75 Å². The lowest BCUT2D eigenvalue weighted by Gasteiger charge is -2.45. The van der Waals surface area contributed by atoms with Crippen LogP contribution in [0.2, 0.25) is 5.04 Å². The topological polar surface area (TPSA) is 96.3 Å². The van der Waals surface area contributed by atoms with Gasteiger partial charge in [-0.25, -0.2) is 0 Å². The molecule has 2 fully saturated rings. The fourth-order valence-electron chi connectivity index (χ4n) is 8.24. The van der Waals surface area contributed by atoms with Gasteiger partial charge in [0.05, 0.1) is 30.2 Å². The number of imide groups is 1. The molecule has 244 valence electrons. The molecule has 0 bridgehead atoms. The maximum atomic E-state index is 14.2. The van der Waals surface area contributed by atoms with Crippen LogP contribution in [0.1, 0.15) is 45.3 Å². The number of nitrogens with zero attached hydrogens (tertiary/aromatic N) is 1. The summed E-state index contributed by atoms with van der Waals surface area (Å²) in [6.45, 7) is 6.84. The molecule has 0 saturated carbocycles. The third-order valence-electron chi connectivity index (χ3n) is 10.4. The number of fused-ring (bicyclic) bond motifs is 3. The van der Waals surface area contributed by atoms with Crippen molar-refractivity contribution in [2.45, 2.75) is 44.8 Å². The summed E-state index contributed by atoms with van der Waals surface area (Å²) in [5.41, 5.74) is 2.81. The minimum Gasteiger partial charge on any atom is -0.508 e. The maximum absolute atomic E-state index is 14.2. The smallest absolute Gasteiger partial charge is 0.487 e. The number of anilines is 1. The van der Waals surface area contributed by atoms with Crippen molar-refractivity contribution in [1.29, 1.82) is 0 Å². The molecule has 4 atom stereocenters. The molecule has 4 aromatic rings. The number of amides is 2. The molecule has 0 aromatic heterocycles. The van der Waals surface area contributed by atoms with E-state index in [9.17, 15) is 19.7 Å². The van der Waals surface area contributed by atoms with Crippen LogP contribution in [0, 0.1) is 17.8 Å². The van der Waals surface area contributed by atoms with E-state index in [4.69, 9.17) is 9.08 Å². The number of para-hydroxylation sites is 1. The van der Waals surface area contributed by atoms with Crippen molar-refractivity contribution in [3.05, 3.63) is 132 Å². The van der Waals surface area contributed by atoms with Crippen LogP contribution in [-0.2, 0) is 18.7 Å². The number of benzene rings is 4. The Morgan fingerprint density at radius 1 is 0.812 bits per heavy atom. The van der Waals surface area contributed by atoms with Crippen molar-refractivity contribution in [1.82, 2.24) is 0 Å². The largest absolute Gasteiger partial charge is 0.508 e. The number of allylic oxidation sites excluding steroid dienone is 1. The van der Waals surface area contributed by atoms with E-state index in [1.807, 2.05) is 54.6 Å². The van der Waals surface area contributed by atoms with Gasteiger partial charge in [0.2, 0.25) is 11.8 Å². The van der Waals surface area contributed by atoms with Gasteiger partial charge < -0.3 is 19.2 Å². The quantitative estimate of drug-likeness (QED) is 0.199. The summed E-state index contributed by atoms with van der Waals surface area (Å²) < 4.78 is 13.6. The molecular formula is C39H40BNO6Si. The van der Waals surface area contributed by atoms with Crippen LogP contribution in [0.5, 0.6) is 5.75 Å². The molecule has 0 spiro atoms. The van der Waals surface area contributed by atoms with E-state index in [1.54, 1.807) is 36.4 Å². The lowest BCUT2D eigenvalue weighted by atomic mass is 9.55. The molecule has 2 saturated heterocycles. The molecule has 7 rings (SSSR count). The Labute approximate surface area is 283 Å². The van der Waals surface area contributed by atoms with Gasteiger partial charge in [0.15, 0.2) is 0 Å². The fourth-order valence-corrected chi connectivity index (χ4v) is 12.8. The predicted molar refractivity (Wildman–Crippen MR) is 189 cm³/mol. The van der Waals surface area contributed by atoms with Gasteiger partial charge in [-0.15, -0.1) is 0 Å².